The maximum absolute atomic E-state index is 12.8. The molecule has 2 aromatic rings. The lowest BCUT2D eigenvalue weighted by atomic mass is 10.1. The number of nitrogens with two attached hydrogens (primary N) is 1. The zero-order valence-electron chi connectivity index (χ0n) is 11.9. The summed E-state index contributed by atoms with van der Waals surface area (Å²) in [5, 5.41) is -0.535. The fourth-order valence-corrected chi connectivity index (χ4v) is 3.76. The molecule has 0 spiro atoms. The SMILES string of the molecule is CC[C@@H](c1cccc(C(F)(F)F)c1)[S@](=O)c1ccccc1N. The topological polar surface area (TPSA) is 43.1 Å². The number of hydrogen-bond acceptors (Lipinski definition) is 2. The lowest BCUT2D eigenvalue weighted by Gasteiger charge is -2.18. The molecule has 0 bridgehead atoms. The van der Waals surface area contributed by atoms with Crippen LogP contribution in [0.1, 0.15) is 29.7 Å². The number of halogens is 3. The Morgan fingerprint density at radius 3 is 2.41 bits per heavy atom. The maximum Gasteiger partial charge on any atom is 0.416 e. The molecule has 2 nitrogen and oxygen atoms in total. The van der Waals surface area contributed by atoms with Crippen LogP contribution in [0.5, 0.6) is 0 Å². The molecule has 0 unspecified atom stereocenters. The van der Waals surface area contributed by atoms with Crippen LogP contribution in [-0.2, 0) is 17.0 Å². The van der Waals surface area contributed by atoms with Crippen molar-refractivity contribution < 1.29 is 17.4 Å². The maximum atomic E-state index is 12.8. The lowest BCUT2D eigenvalue weighted by molar-refractivity contribution is -0.137. The minimum Gasteiger partial charge on any atom is -0.398 e. The van der Waals surface area contributed by atoms with Gasteiger partial charge in [-0.15, -0.1) is 0 Å². The second-order valence-corrected chi connectivity index (χ2v) is 6.46. The highest BCUT2D eigenvalue weighted by Gasteiger charge is 2.31. The van der Waals surface area contributed by atoms with Crippen molar-refractivity contribution in [3.8, 4) is 0 Å². The van der Waals surface area contributed by atoms with E-state index in [9.17, 15) is 17.4 Å². The Hall–Kier alpha value is -1.82. The van der Waals surface area contributed by atoms with Gasteiger partial charge in [-0.3, -0.25) is 4.21 Å². The van der Waals surface area contributed by atoms with Gasteiger partial charge in [-0.1, -0.05) is 37.3 Å². The summed E-state index contributed by atoms with van der Waals surface area (Å²) in [6, 6.07) is 11.7. The van der Waals surface area contributed by atoms with Gasteiger partial charge in [0.25, 0.3) is 0 Å². The Kier molecular flexibility index (Phi) is 4.90. The Balaban J connectivity index is 2.41. The molecule has 2 rings (SSSR count). The fraction of sp³-hybridized carbons (Fsp3) is 0.250. The second-order valence-electron chi connectivity index (χ2n) is 4.86. The summed E-state index contributed by atoms with van der Waals surface area (Å²) >= 11 is 0. The number of rotatable bonds is 4. The molecule has 2 N–H and O–H groups in total. The van der Waals surface area contributed by atoms with Crippen molar-refractivity contribution >= 4 is 16.5 Å². The lowest BCUT2D eigenvalue weighted by Crippen LogP contribution is -2.11. The molecular weight excluding hydrogens is 311 g/mol. The highest BCUT2D eigenvalue weighted by Crippen LogP contribution is 2.35. The van der Waals surface area contributed by atoms with E-state index in [4.69, 9.17) is 5.73 Å². The standard InChI is InChI=1S/C16H16F3NOS/c1-2-14(22(21)15-9-4-3-8-13(15)20)11-6-5-7-12(10-11)16(17,18)19/h3-10,14H,2,20H2,1H3/t14-,22-/m0/s1. The molecule has 0 heterocycles. The van der Waals surface area contributed by atoms with E-state index in [2.05, 4.69) is 0 Å². The first-order valence-corrected chi connectivity index (χ1v) is 7.98. The molecule has 0 saturated carbocycles. The molecule has 0 fully saturated rings. The van der Waals surface area contributed by atoms with Crippen LogP contribution in [0.15, 0.2) is 53.4 Å². The van der Waals surface area contributed by atoms with Gasteiger partial charge in [0.15, 0.2) is 0 Å². The van der Waals surface area contributed by atoms with Gasteiger partial charge in [-0.25, -0.2) is 0 Å². The largest absolute Gasteiger partial charge is 0.416 e. The van der Waals surface area contributed by atoms with Crippen LogP contribution in [0.3, 0.4) is 0 Å². The van der Waals surface area contributed by atoms with Gasteiger partial charge >= 0.3 is 6.18 Å². The molecule has 0 aliphatic rings. The van der Waals surface area contributed by atoms with Crippen LogP contribution in [0.4, 0.5) is 18.9 Å². The third-order valence-corrected chi connectivity index (χ3v) is 5.28. The third kappa shape index (κ3) is 3.50. The van der Waals surface area contributed by atoms with Gasteiger partial charge in [0.05, 0.1) is 26.5 Å². The van der Waals surface area contributed by atoms with Crippen LogP contribution in [0.25, 0.3) is 0 Å². The normalized spacial score (nSPS) is 14.5. The summed E-state index contributed by atoms with van der Waals surface area (Å²) in [5.74, 6) is 0. The van der Waals surface area contributed by atoms with Gasteiger partial charge in [0, 0.05) is 5.69 Å². The first-order valence-electron chi connectivity index (χ1n) is 6.76. The van der Waals surface area contributed by atoms with E-state index >= 15 is 0 Å². The summed E-state index contributed by atoms with van der Waals surface area (Å²) in [4.78, 5) is 0.451. The fourth-order valence-electron chi connectivity index (χ4n) is 2.24. The van der Waals surface area contributed by atoms with Gasteiger partial charge < -0.3 is 5.73 Å². The van der Waals surface area contributed by atoms with E-state index in [1.54, 1.807) is 37.3 Å². The quantitative estimate of drug-likeness (QED) is 0.837. The predicted octanol–water partition coefficient (Wildman–Crippen LogP) is 4.55. The average molecular weight is 327 g/mol. The zero-order valence-corrected chi connectivity index (χ0v) is 12.7. The minimum absolute atomic E-state index is 0.381. The van der Waals surface area contributed by atoms with Gasteiger partial charge in [-0.2, -0.15) is 13.2 Å². The monoisotopic (exact) mass is 327 g/mol. The smallest absolute Gasteiger partial charge is 0.398 e. The average Bonchev–Trinajstić information content (AvgIpc) is 2.48. The van der Waals surface area contributed by atoms with Crippen LogP contribution in [-0.4, -0.2) is 4.21 Å². The summed E-state index contributed by atoms with van der Waals surface area (Å²) in [6.07, 6.45) is -3.97. The number of alkyl halides is 3. The summed E-state index contributed by atoms with van der Waals surface area (Å²) in [7, 11) is -1.51. The summed E-state index contributed by atoms with van der Waals surface area (Å²) < 4.78 is 51.2. The molecule has 6 heteroatoms. The molecule has 2 atom stereocenters. The highest BCUT2D eigenvalue weighted by atomic mass is 32.2. The summed E-state index contributed by atoms with van der Waals surface area (Å²) in [6.45, 7) is 1.79. The Labute approximate surface area is 129 Å². The van der Waals surface area contributed by atoms with Crippen molar-refractivity contribution in [3.05, 3.63) is 59.7 Å². The molecule has 2 aromatic carbocycles. The number of hydrogen-bond donors (Lipinski definition) is 1. The summed E-state index contributed by atoms with van der Waals surface area (Å²) in [5.41, 5.74) is 5.87. The Bertz CT molecular complexity index is 685. The zero-order chi connectivity index (χ0) is 16.3. The minimum atomic E-state index is -4.42. The number of nitrogen functional groups attached to an aromatic ring is 1. The molecule has 0 aliphatic carbocycles. The number of para-hydroxylation sites is 1. The van der Waals surface area contributed by atoms with Crippen LogP contribution in [0, 0.1) is 0 Å². The van der Waals surface area contributed by atoms with E-state index < -0.39 is 27.8 Å². The van der Waals surface area contributed by atoms with Crippen LogP contribution < -0.4 is 5.73 Å². The van der Waals surface area contributed by atoms with Crippen LogP contribution >= 0.6 is 0 Å². The van der Waals surface area contributed by atoms with Gasteiger partial charge in [0.1, 0.15) is 0 Å². The second kappa shape index (κ2) is 6.52. The first-order chi connectivity index (χ1) is 10.3. The van der Waals surface area contributed by atoms with E-state index in [1.165, 1.54) is 6.07 Å². The molecule has 22 heavy (non-hydrogen) atoms. The van der Waals surface area contributed by atoms with Crippen molar-refractivity contribution in [1.29, 1.82) is 0 Å². The molecule has 0 saturated heterocycles. The van der Waals surface area contributed by atoms with Gasteiger partial charge in [-0.05, 0) is 30.2 Å². The van der Waals surface area contributed by atoms with E-state index in [-0.39, 0.29) is 0 Å². The van der Waals surface area contributed by atoms with Crippen LogP contribution in [0.2, 0.25) is 0 Å². The number of benzene rings is 2. The van der Waals surface area contributed by atoms with Crippen molar-refractivity contribution in [3.63, 3.8) is 0 Å². The molecular formula is C16H16F3NOS. The Morgan fingerprint density at radius 2 is 1.82 bits per heavy atom. The molecule has 0 aliphatic heterocycles. The Morgan fingerprint density at radius 1 is 1.14 bits per heavy atom. The first kappa shape index (κ1) is 16.5. The van der Waals surface area contributed by atoms with E-state index in [0.29, 0.717) is 22.6 Å². The van der Waals surface area contributed by atoms with E-state index in [0.717, 1.165) is 12.1 Å². The number of anilines is 1. The molecule has 118 valence electrons. The molecule has 0 amide bonds. The van der Waals surface area contributed by atoms with Crippen molar-refractivity contribution in [2.24, 2.45) is 0 Å². The van der Waals surface area contributed by atoms with Crippen molar-refractivity contribution in [2.75, 3.05) is 5.73 Å². The van der Waals surface area contributed by atoms with Gasteiger partial charge in [0.2, 0.25) is 0 Å². The third-order valence-electron chi connectivity index (χ3n) is 3.35. The molecule has 0 aromatic heterocycles. The van der Waals surface area contributed by atoms with Crippen molar-refractivity contribution in [1.82, 2.24) is 0 Å². The highest BCUT2D eigenvalue weighted by molar-refractivity contribution is 7.85. The molecule has 0 radical (unpaired) electrons. The predicted molar refractivity (Wildman–Crippen MR) is 81.7 cm³/mol. The van der Waals surface area contributed by atoms with E-state index in [1.807, 2.05) is 0 Å². The van der Waals surface area contributed by atoms with Crippen molar-refractivity contribution in [2.45, 2.75) is 29.7 Å².